The van der Waals surface area contributed by atoms with Gasteiger partial charge in [-0.1, -0.05) is 30.3 Å². The maximum Gasteiger partial charge on any atom is 0.320 e. The number of ketones is 1. The number of Topliss-reactive ketones (excluding diaryl/α,β-unsaturated/α-hetero) is 1. The molecule has 0 aliphatic heterocycles. The summed E-state index contributed by atoms with van der Waals surface area (Å²) in [6.45, 7) is 3.72. The number of benzene rings is 1. The van der Waals surface area contributed by atoms with Gasteiger partial charge in [0.2, 0.25) is 0 Å². The Labute approximate surface area is 142 Å². The SMILES string of the molecule is CCOC(=O)C(C(=O)OCC)[C@H](CC(=O)C1CC1)c1ccccc1. The fourth-order valence-electron chi connectivity index (χ4n) is 2.81. The van der Waals surface area contributed by atoms with Gasteiger partial charge in [-0.05, 0) is 32.3 Å². The van der Waals surface area contributed by atoms with Gasteiger partial charge in [-0.2, -0.15) is 0 Å². The molecule has 0 radical (unpaired) electrons. The highest BCUT2D eigenvalue weighted by Crippen LogP contribution is 2.37. The first-order valence-electron chi connectivity index (χ1n) is 8.49. The summed E-state index contributed by atoms with van der Waals surface area (Å²) in [5.74, 6) is -2.77. The molecule has 0 N–H and O–H groups in total. The van der Waals surface area contributed by atoms with Crippen molar-refractivity contribution in [3.63, 3.8) is 0 Å². The van der Waals surface area contributed by atoms with Gasteiger partial charge in [0.1, 0.15) is 5.78 Å². The van der Waals surface area contributed by atoms with Crippen LogP contribution in [0.5, 0.6) is 0 Å². The second kappa shape index (κ2) is 8.62. The lowest BCUT2D eigenvalue weighted by molar-refractivity contribution is -0.162. The van der Waals surface area contributed by atoms with E-state index in [1.807, 2.05) is 30.3 Å². The van der Waals surface area contributed by atoms with Crippen LogP contribution in [0.3, 0.4) is 0 Å². The Hall–Kier alpha value is -2.17. The molecule has 1 aromatic carbocycles. The summed E-state index contributed by atoms with van der Waals surface area (Å²) >= 11 is 0. The van der Waals surface area contributed by atoms with Crippen molar-refractivity contribution in [1.82, 2.24) is 0 Å². The van der Waals surface area contributed by atoms with Crippen LogP contribution in [-0.2, 0) is 23.9 Å². The molecule has 1 aromatic rings. The van der Waals surface area contributed by atoms with Gasteiger partial charge in [-0.25, -0.2) is 0 Å². The van der Waals surface area contributed by atoms with Crippen LogP contribution in [0.15, 0.2) is 30.3 Å². The number of esters is 2. The van der Waals surface area contributed by atoms with Crippen LogP contribution in [0.1, 0.15) is 44.6 Å². The first-order valence-corrected chi connectivity index (χ1v) is 8.49. The Morgan fingerprint density at radius 2 is 1.54 bits per heavy atom. The number of rotatable bonds is 9. The van der Waals surface area contributed by atoms with E-state index >= 15 is 0 Å². The topological polar surface area (TPSA) is 69.7 Å². The summed E-state index contributed by atoms with van der Waals surface area (Å²) in [4.78, 5) is 37.2. The van der Waals surface area contributed by atoms with E-state index in [0.717, 1.165) is 18.4 Å². The monoisotopic (exact) mass is 332 g/mol. The predicted molar refractivity (Wildman–Crippen MR) is 88.3 cm³/mol. The second-order valence-electron chi connectivity index (χ2n) is 5.94. The summed E-state index contributed by atoms with van der Waals surface area (Å²) in [6, 6.07) is 9.17. The third-order valence-corrected chi connectivity index (χ3v) is 4.16. The van der Waals surface area contributed by atoms with Crippen molar-refractivity contribution in [3.05, 3.63) is 35.9 Å². The quantitative estimate of drug-likeness (QED) is 0.514. The average Bonchev–Trinajstić information content (AvgIpc) is 3.40. The number of hydrogen-bond acceptors (Lipinski definition) is 5. The normalized spacial score (nSPS) is 15.0. The van der Waals surface area contributed by atoms with E-state index in [1.54, 1.807) is 13.8 Å². The molecule has 0 bridgehead atoms. The van der Waals surface area contributed by atoms with Gasteiger partial charge >= 0.3 is 11.9 Å². The molecule has 1 aliphatic rings. The Morgan fingerprint density at radius 3 is 2.00 bits per heavy atom. The minimum atomic E-state index is -1.12. The molecule has 2 rings (SSSR count). The van der Waals surface area contributed by atoms with Crippen LogP contribution < -0.4 is 0 Å². The molecule has 1 saturated carbocycles. The van der Waals surface area contributed by atoms with Crippen LogP contribution in [-0.4, -0.2) is 30.9 Å². The summed E-state index contributed by atoms with van der Waals surface area (Å²) < 4.78 is 10.2. The van der Waals surface area contributed by atoms with Crippen molar-refractivity contribution >= 4 is 17.7 Å². The number of carbonyl (C=O) groups is 3. The van der Waals surface area contributed by atoms with Crippen molar-refractivity contribution < 1.29 is 23.9 Å². The molecule has 5 heteroatoms. The standard InChI is InChI=1S/C19H24O5/c1-3-23-18(21)17(19(22)24-4-2)15(12-16(20)14-10-11-14)13-8-6-5-7-9-13/h5-9,14-15,17H,3-4,10-12H2,1-2H3/t15-/m1/s1. The molecule has 0 aromatic heterocycles. The fraction of sp³-hybridized carbons (Fsp3) is 0.526. The van der Waals surface area contributed by atoms with E-state index in [1.165, 1.54) is 0 Å². The van der Waals surface area contributed by atoms with E-state index in [4.69, 9.17) is 9.47 Å². The molecular weight excluding hydrogens is 308 g/mol. The molecule has 1 atom stereocenters. The minimum Gasteiger partial charge on any atom is -0.465 e. The lowest BCUT2D eigenvalue weighted by atomic mass is 9.81. The molecule has 1 aliphatic carbocycles. The lowest BCUT2D eigenvalue weighted by Gasteiger charge is -2.24. The maximum atomic E-state index is 12.4. The minimum absolute atomic E-state index is 0.0706. The number of hydrogen-bond donors (Lipinski definition) is 0. The molecule has 130 valence electrons. The van der Waals surface area contributed by atoms with Crippen LogP contribution in [0.2, 0.25) is 0 Å². The van der Waals surface area contributed by atoms with Gasteiger partial charge in [0.15, 0.2) is 5.92 Å². The summed E-state index contributed by atoms with van der Waals surface area (Å²) in [5.41, 5.74) is 0.776. The maximum absolute atomic E-state index is 12.4. The summed E-state index contributed by atoms with van der Waals surface area (Å²) in [5, 5.41) is 0. The lowest BCUT2D eigenvalue weighted by Crippen LogP contribution is -2.34. The molecule has 0 amide bonds. The zero-order valence-electron chi connectivity index (χ0n) is 14.2. The highest BCUT2D eigenvalue weighted by Gasteiger charge is 2.41. The van der Waals surface area contributed by atoms with Crippen molar-refractivity contribution in [2.75, 3.05) is 13.2 Å². The first-order chi connectivity index (χ1) is 11.6. The Balaban J connectivity index is 2.32. The Bertz CT molecular complexity index is 559. The predicted octanol–water partition coefficient (Wildman–Crippen LogP) is 2.88. The average molecular weight is 332 g/mol. The van der Waals surface area contributed by atoms with Crippen molar-refractivity contribution in [3.8, 4) is 0 Å². The zero-order valence-corrected chi connectivity index (χ0v) is 14.2. The molecule has 0 saturated heterocycles. The summed E-state index contributed by atoms with van der Waals surface area (Å²) in [7, 11) is 0. The van der Waals surface area contributed by atoms with Crippen molar-refractivity contribution in [2.45, 2.75) is 39.0 Å². The van der Waals surface area contributed by atoms with Gasteiger partial charge in [0.25, 0.3) is 0 Å². The van der Waals surface area contributed by atoms with Gasteiger partial charge in [-0.15, -0.1) is 0 Å². The Morgan fingerprint density at radius 1 is 1.00 bits per heavy atom. The molecule has 0 heterocycles. The molecular formula is C19H24O5. The van der Waals surface area contributed by atoms with Crippen LogP contribution in [0.25, 0.3) is 0 Å². The zero-order chi connectivity index (χ0) is 17.5. The van der Waals surface area contributed by atoms with E-state index in [0.29, 0.717) is 0 Å². The molecule has 0 spiro atoms. The molecule has 5 nitrogen and oxygen atoms in total. The van der Waals surface area contributed by atoms with E-state index in [9.17, 15) is 14.4 Å². The molecule has 1 fully saturated rings. The largest absolute Gasteiger partial charge is 0.465 e. The van der Waals surface area contributed by atoms with E-state index in [-0.39, 0.29) is 31.3 Å². The fourth-order valence-corrected chi connectivity index (χ4v) is 2.81. The van der Waals surface area contributed by atoms with Gasteiger partial charge in [-0.3, -0.25) is 14.4 Å². The number of carbonyl (C=O) groups excluding carboxylic acids is 3. The van der Waals surface area contributed by atoms with Crippen molar-refractivity contribution in [2.24, 2.45) is 11.8 Å². The van der Waals surface area contributed by atoms with Crippen molar-refractivity contribution in [1.29, 1.82) is 0 Å². The van der Waals surface area contributed by atoms with Gasteiger partial charge in [0, 0.05) is 18.3 Å². The van der Waals surface area contributed by atoms with Gasteiger partial charge in [0.05, 0.1) is 13.2 Å². The van der Waals surface area contributed by atoms with Crippen LogP contribution in [0, 0.1) is 11.8 Å². The third kappa shape index (κ3) is 4.66. The van der Waals surface area contributed by atoms with E-state index < -0.39 is 23.8 Å². The second-order valence-corrected chi connectivity index (χ2v) is 5.94. The Kier molecular flexibility index (Phi) is 6.53. The van der Waals surface area contributed by atoms with Crippen LogP contribution >= 0.6 is 0 Å². The van der Waals surface area contributed by atoms with Gasteiger partial charge < -0.3 is 9.47 Å². The smallest absolute Gasteiger partial charge is 0.320 e. The number of ether oxygens (including phenoxy) is 2. The highest BCUT2D eigenvalue weighted by molar-refractivity contribution is 5.97. The van der Waals surface area contributed by atoms with E-state index in [2.05, 4.69) is 0 Å². The highest BCUT2D eigenvalue weighted by atomic mass is 16.6. The first kappa shape index (κ1) is 18.2. The molecule has 0 unspecified atom stereocenters. The third-order valence-electron chi connectivity index (χ3n) is 4.16. The summed E-state index contributed by atoms with van der Waals surface area (Å²) in [6.07, 6.45) is 1.94. The molecule has 24 heavy (non-hydrogen) atoms. The van der Waals surface area contributed by atoms with Crippen LogP contribution in [0.4, 0.5) is 0 Å².